The summed E-state index contributed by atoms with van der Waals surface area (Å²) in [5.41, 5.74) is 2.45. The number of anilines is 2. The van der Waals surface area contributed by atoms with Crippen LogP contribution in [0.15, 0.2) is 36.7 Å². The van der Waals surface area contributed by atoms with Crippen LogP contribution < -0.4 is 10.2 Å². The molecule has 0 radical (unpaired) electrons. The second kappa shape index (κ2) is 5.65. The number of para-hydroxylation sites is 1. The number of fused-ring (bicyclic) bond motifs is 1. The van der Waals surface area contributed by atoms with E-state index in [0.29, 0.717) is 11.5 Å². The molecule has 0 fully saturated rings. The van der Waals surface area contributed by atoms with Crippen molar-refractivity contribution in [2.75, 3.05) is 10.2 Å². The van der Waals surface area contributed by atoms with Crippen LogP contribution >= 0.6 is 0 Å². The molecule has 23 heavy (non-hydrogen) atoms. The molecule has 1 atom stereocenters. The minimum absolute atomic E-state index is 0.0946. The van der Waals surface area contributed by atoms with Crippen LogP contribution in [0.25, 0.3) is 0 Å². The van der Waals surface area contributed by atoms with Gasteiger partial charge in [-0.25, -0.2) is 9.97 Å². The van der Waals surface area contributed by atoms with Crippen molar-refractivity contribution in [1.29, 1.82) is 0 Å². The molecule has 0 saturated heterocycles. The third-order valence-corrected chi connectivity index (χ3v) is 3.80. The Morgan fingerprint density at radius 2 is 1.96 bits per heavy atom. The highest BCUT2D eigenvalue weighted by molar-refractivity contribution is 6.06. The van der Waals surface area contributed by atoms with Crippen molar-refractivity contribution in [1.82, 2.24) is 9.97 Å². The topological polar surface area (TPSA) is 58.1 Å². The second-order valence-corrected chi connectivity index (χ2v) is 7.02. The fraction of sp³-hybridized carbons (Fsp3) is 0.389. The Morgan fingerprint density at radius 3 is 2.61 bits per heavy atom. The van der Waals surface area contributed by atoms with E-state index < -0.39 is 0 Å². The number of nitrogens with one attached hydrogen (secondary N) is 1. The molecule has 1 aromatic carbocycles. The molecule has 0 spiro atoms. The summed E-state index contributed by atoms with van der Waals surface area (Å²) in [6.07, 6.45) is 4.04. The highest BCUT2D eigenvalue weighted by Gasteiger charge is 2.31. The molecule has 0 saturated carbocycles. The van der Waals surface area contributed by atoms with Gasteiger partial charge in [-0.1, -0.05) is 18.2 Å². The van der Waals surface area contributed by atoms with E-state index in [2.05, 4.69) is 49.0 Å². The lowest BCUT2D eigenvalue weighted by atomic mass is 10.1. The van der Waals surface area contributed by atoms with Crippen LogP contribution in [0.2, 0.25) is 0 Å². The fourth-order valence-electron chi connectivity index (χ4n) is 2.89. The summed E-state index contributed by atoms with van der Waals surface area (Å²) in [5, 5.41) is 3.24. The van der Waals surface area contributed by atoms with Gasteiger partial charge in [-0.05, 0) is 45.7 Å². The van der Waals surface area contributed by atoms with Gasteiger partial charge < -0.3 is 10.2 Å². The van der Waals surface area contributed by atoms with E-state index in [-0.39, 0.29) is 17.5 Å². The van der Waals surface area contributed by atoms with Gasteiger partial charge >= 0.3 is 0 Å². The first-order chi connectivity index (χ1) is 10.8. The molecule has 2 heterocycles. The van der Waals surface area contributed by atoms with Crippen LogP contribution in [0.1, 0.15) is 43.7 Å². The van der Waals surface area contributed by atoms with Gasteiger partial charge in [0.25, 0.3) is 5.91 Å². The molecule has 2 aromatic rings. The maximum atomic E-state index is 12.8. The molecule has 1 aromatic heterocycles. The van der Waals surface area contributed by atoms with Gasteiger partial charge in [0.15, 0.2) is 0 Å². The van der Waals surface area contributed by atoms with Crippen molar-refractivity contribution in [3.05, 3.63) is 47.9 Å². The predicted molar refractivity (Wildman–Crippen MR) is 91.8 cm³/mol. The Kier molecular flexibility index (Phi) is 3.80. The number of benzene rings is 1. The van der Waals surface area contributed by atoms with Crippen LogP contribution in [-0.2, 0) is 6.42 Å². The number of hydrogen-bond acceptors (Lipinski definition) is 4. The van der Waals surface area contributed by atoms with Crippen molar-refractivity contribution >= 4 is 17.4 Å². The lowest BCUT2D eigenvalue weighted by Crippen LogP contribution is -2.36. The molecule has 5 nitrogen and oxygen atoms in total. The maximum absolute atomic E-state index is 12.8. The second-order valence-electron chi connectivity index (χ2n) is 7.02. The molecular weight excluding hydrogens is 288 g/mol. The van der Waals surface area contributed by atoms with E-state index in [4.69, 9.17) is 0 Å². The monoisotopic (exact) mass is 310 g/mol. The zero-order valence-electron chi connectivity index (χ0n) is 14.0. The number of hydrogen-bond donors (Lipinski definition) is 1. The number of amides is 1. The Balaban J connectivity index is 1.84. The van der Waals surface area contributed by atoms with Gasteiger partial charge in [0.05, 0.1) is 12.4 Å². The van der Waals surface area contributed by atoms with E-state index in [1.807, 2.05) is 23.1 Å². The standard InChI is InChI=1S/C18H22N4O/c1-12-9-13-7-5-6-8-15(13)22(12)17(23)14-10-20-16(11-19-14)21-18(2,3)4/h5-8,10-12H,9H2,1-4H3,(H,20,21). The zero-order valence-corrected chi connectivity index (χ0v) is 14.0. The quantitative estimate of drug-likeness (QED) is 0.925. The summed E-state index contributed by atoms with van der Waals surface area (Å²) in [4.78, 5) is 23.3. The van der Waals surface area contributed by atoms with Crippen LogP contribution in [0, 0.1) is 0 Å². The normalized spacial score (nSPS) is 17.0. The Bertz CT molecular complexity index is 719. The third kappa shape index (κ3) is 3.18. The average molecular weight is 310 g/mol. The molecule has 0 bridgehead atoms. The summed E-state index contributed by atoms with van der Waals surface area (Å²) in [6, 6.07) is 8.15. The molecular formula is C18H22N4O. The van der Waals surface area contributed by atoms with E-state index >= 15 is 0 Å². The van der Waals surface area contributed by atoms with Crippen molar-refractivity contribution in [3.63, 3.8) is 0 Å². The molecule has 3 rings (SSSR count). The van der Waals surface area contributed by atoms with Gasteiger partial charge in [-0.2, -0.15) is 0 Å². The number of nitrogens with zero attached hydrogens (tertiary/aromatic N) is 3. The van der Waals surface area contributed by atoms with Crippen molar-refractivity contribution < 1.29 is 4.79 Å². The lowest BCUT2D eigenvalue weighted by molar-refractivity contribution is 0.0976. The van der Waals surface area contributed by atoms with Crippen molar-refractivity contribution in [2.45, 2.75) is 45.7 Å². The summed E-state index contributed by atoms with van der Waals surface area (Å²) in [5.74, 6) is 0.571. The molecule has 1 aliphatic rings. The molecule has 1 amide bonds. The van der Waals surface area contributed by atoms with Crippen LogP contribution in [0.4, 0.5) is 11.5 Å². The molecule has 1 unspecified atom stereocenters. The van der Waals surface area contributed by atoms with Crippen molar-refractivity contribution in [3.8, 4) is 0 Å². The Hall–Kier alpha value is -2.43. The molecule has 1 aliphatic heterocycles. The first kappa shape index (κ1) is 15.5. The lowest BCUT2D eigenvalue weighted by Gasteiger charge is -2.23. The third-order valence-electron chi connectivity index (χ3n) is 3.80. The maximum Gasteiger partial charge on any atom is 0.278 e. The van der Waals surface area contributed by atoms with E-state index in [1.54, 1.807) is 12.4 Å². The van der Waals surface area contributed by atoms with Crippen LogP contribution in [0.3, 0.4) is 0 Å². The smallest absolute Gasteiger partial charge is 0.278 e. The zero-order chi connectivity index (χ0) is 16.6. The number of carbonyl (C=O) groups excluding carboxylic acids is 1. The number of rotatable bonds is 2. The molecule has 120 valence electrons. The van der Waals surface area contributed by atoms with Gasteiger partial charge in [-0.3, -0.25) is 4.79 Å². The average Bonchev–Trinajstić information content (AvgIpc) is 2.81. The number of aromatic nitrogens is 2. The first-order valence-corrected chi connectivity index (χ1v) is 7.87. The van der Waals surface area contributed by atoms with E-state index in [0.717, 1.165) is 12.1 Å². The summed E-state index contributed by atoms with van der Waals surface area (Å²) in [7, 11) is 0. The first-order valence-electron chi connectivity index (χ1n) is 7.87. The number of carbonyl (C=O) groups is 1. The van der Waals surface area contributed by atoms with Crippen LogP contribution in [-0.4, -0.2) is 27.5 Å². The van der Waals surface area contributed by atoms with Crippen LogP contribution in [0.5, 0.6) is 0 Å². The summed E-state index contributed by atoms with van der Waals surface area (Å²) >= 11 is 0. The SMILES string of the molecule is CC1Cc2ccccc2N1C(=O)c1cnc(NC(C)(C)C)cn1. The highest BCUT2D eigenvalue weighted by Crippen LogP contribution is 2.32. The highest BCUT2D eigenvalue weighted by atomic mass is 16.2. The minimum atomic E-state index is -0.0998. The Labute approximate surface area is 136 Å². The van der Waals surface area contributed by atoms with Crippen molar-refractivity contribution in [2.24, 2.45) is 0 Å². The fourth-order valence-corrected chi connectivity index (χ4v) is 2.89. The largest absolute Gasteiger partial charge is 0.364 e. The Morgan fingerprint density at radius 1 is 1.22 bits per heavy atom. The predicted octanol–water partition coefficient (Wildman–Crippen LogP) is 3.28. The molecule has 0 aliphatic carbocycles. The van der Waals surface area contributed by atoms with Gasteiger partial charge in [0.2, 0.25) is 0 Å². The molecule has 5 heteroatoms. The van der Waals surface area contributed by atoms with E-state index in [1.165, 1.54) is 5.56 Å². The van der Waals surface area contributed by atoms with Gasteiger partial charge in [-0.15, -0.1) is 0 Å². The molecule has 1 N–H and O–H groups in total. The summed E-state index contributed by atoms with van der Waals surface area (Å²) < 4.78 is 0. The van der Waals surface area contributed by atoms with E-state index in [9.17, 15) is 4.79 Å². The van der Waals surface area contributed by atoms with Gasteiger partial charge in [0, 0.05) is 17.3 Å². The minimum Gasteiger partial charge on any atom is -0.364 e. The van der Waals surface area contributed by atoms with Gasteiger partial charge in [0.1, 0.15) is 11.5 Å². The summed E-state index contributed by atoms with van der Waals surface area (Å²) in [6.45, 7) is 8.21.